The van der Waals surface area contributed by atoms with Crippen molar-refractivity contribution >= 4 is 0 Å². The monoisotopic (exact) mass is 337 g/mol. The van der Waals surface area contributed by atoms with Crippen LogP contribution < -0.4 is 4.74 Å². The molecule has 1 N–H and O–H groups in total. The van der Waals surface area contributed by atoms with E-state index in [1.54, 1.807) is 13.2 Å². The van der Waals surface area contributed by atoms with Crippen molar-refractivity contribution < 1.29 is 14.6 Å². The van der Waals surface area contributed by atoms with Crippen molar-refractivity contribution in [3.8, 4) is 11.5 Å². The van der Waals surface area contributed by atoms with Crippen LogP contribution in [0.3, 0.4) is 0 Å². The van der Waals surface area contributed by atoms with E-state index in [9.17, 15) is 5.11 Å². The number of benzene rings is 1. The van der Waals surface area contributed by atoms with E-state index in [0.29, 0.717) is 11.8 Å². The summed E-state index contributed by atoms with van der Waals surface area (Å²) < 4.78 is 12.0. The first-order valence-corrected chi connectivity index (χ1v) is 9.44. The van der Waals surface area contributed by atoms with Crippen molar-refractivity contribution in [2.24, 2.45) is 5.92 Å². The van der Waals surface area contributed by atoms with Crippen LogP contribution in [0.1, 0.15) is 30.4 Å². The summed E-state index contributed by atoms with van der Waals surface area (Å²) in [7, 11) is 1.72. The first-order chi connectivity index (χ1) is 12.2. The Morgan fingerprint density at radius 3 is 3.00 bits per heavy atom. The number of hydrogen-bond donors (Lipinski definition) is 1. The highest BCUT2D eigenvalue weighted by Crippen LogP contribution is 2.62. The number of nitrogens with zero attached hydrogens (tertiary/aromatic N) is 1. The molecule has 130 valence electrons. The van der Waals surface area contributed by atoms with Gasteiger partial charge in [0.2, 0.25) is 0 Å². The van der Waals surface area contributed by atoms with Crippen molar-refractivity contribution in [2.45, 2.75) is 43.2 Å². The van der Waals surface area contributed by atoms with Crippen LogP contribution in [0.4, 0.5) is 0 Å². The third-order valence-corrected chi connectivity index (χ3v) is 6.99. The zero-order chi connectivity index (χ0) is 16.8. The quantitative estimate of drug-likeness (QED) is 0.921. The molecule has 25 heavy (non-hydrogen) atoms. The van der Waals surface area contributed by atoms with Gasteiger partial charge in [0.1, 0.15) is 5.76 Å². The van der Waals surface area contributed by atoms with E-state index in [0.717, 1.165) is 31.1 Å². The smallest absolute Gasteiger partial charge is 0.169 e. The number of aromatic hydroxyl groups is 1. The Kier molecular flexibility index (Phi) is 2.63. The summed E-state index contributed by atoms with van der Waals surface area (Å²) in [6.45, 7) is 2.33. The van der Waals surface area contributed by atoms with E-state index in [1.807, 2.05) is 0 Å². The average Bonchev–Trinajstić information content (AvgIpc) is 3.37. The first kappa shape index (κ1) is 14.3. The molecule has 0 aromatic heterocycles. The second kappa shape index (κ2) is 4.61. The molecule has 1 aromatic rings. The van der Waals surface area contributed by atoms with Crippen LogP contribution in [0.25, 0.3) is 0 Å². The minimum absolute atomic E-state index is 0.134. The Hall–Kier alpha value is -1.94. The molecule has 1 saturated carbocycles. The SMILES string of the molecule is COC1=CC=C2C3Cc4ccc(O)c5c4[C@@]2(CCN3CC2CC2)[C@H]1O5. The van der Waals surface area contributed by atoms with E-state index < -0.39 is 0 Å². The molecule has 2 heterocycles. The summed E-state index contributed by atoms with van der Waals surface area (Å²) in [4.78, 5) is 2.70. The Bertz CT molecular complexity index is 838. The molecule has 3 atom stereocenters. The largest absolute Gasteiger partial charge is 0.504 e. The highest BCUT2D eigenvalue weighted by molar-refractivity contribution is 5.67. The lowest BCUT2D eigenvalue weighted by Gasteiger charge is -2.53. The van der Waals surface area contributed by atoms with Crippen LogP contribution in [-0.2, 0) is 16.6 Å². The third kappa shape index (κ3) is 1.66. The van der Waals surface area contributed by atoms with Crippen molar-refractivity contribution in [1.29, 1.82) is 0 Å². The van der Waals surface area contributed by atoms with E-state index in [1.165, 1.54) is 36.1 Å². The van der Waals surface area contributed by atoms with Gasteiger partial charge in [0.15, 0.2) is 17.6 Å². The fraction of sp³-hybridized carbons (Fsp3) is 0.524. The van der Waals surface area contributed by atoms with E-state index in [-0.39, 0.29) is 17.3 Å². The number of phenolic OH excluding ortho intramolecular Hbond substituents is 1. The van der Waals surface area contributed by atoms with Gasteiger partial charge in [-0.1, -0.05) is 12.1 Å². The molecule has 2 aliphatic heterocycles. The number of methoxy groups -OCH3 is 1. The van der Waals surface area contributed by atoms with Gasteiger partial charge in [-0.3, -0.25) is 4.90 Å². The predicted molar refractivity (Wildman–Crippen MR) is 93.8 cm³/mol. The maximum absolute atomic E-state index is 10.4. The van der Waals surface area contributed by atoms with E-state index in [2.05, 4.69) is 23.1 Å². The zero-order valence-corrected chi connectivity index (χ0v) is 14.5. The standard InChI is InChI=1S/C21H23NO3/c1-24-17-7-5-14-15-10-13-4-6-16(23)19-18(13)21(14,20(17)25-19)8-9-22(15)11-12-2-3-12/h4-7,12,15,20,23H,2-3,8-11H2,1H3/t15?,20-,21-/m0/s1. The van der Waals surface area contributed by atoms with Crippen molar-refractivity contribution in [2.75, 3.05) is 20.2 Å². The molecule has 0 amide bonds. The second-order valence-corrected chi connectivity index (χ2v) is 8.22. The molecule has 1 spiro atoms. The molecule has 4 nitrogen and oxygen atoms in total. The van der Waals surface area contributed by atoms with Gasteiger partial charge in [-0.05, 0) is 54.9 Å². The van der Waals surface area contributed by atoms with Gasteiger partial charge in [-0.15, -0.1) is 0 Å². The van der Waals surface area contributed by atoms with Gasteiger partial charge in [0.05, 0.1) is 12.5 Å². The molecule has 6 rings (SSSR count). The Morgan fingerprint density at radius 2 is 2.20 bits per heavy atom. The van der Waals surface area contributed by atoms with Crippen LogP contribution in [-0.4, -0.2) is 42.4 Å². The molecule has 4 heteroatoms. The van der Waals surface area contributed by atoms with Gasteiger partial charge in [-0.25, -0.2) is 0 Å². The number of rotatable bonds is 3. The molecule has 0 radical (unpaired) electrons. The van der Waals surface area contributed by atoms with Crippen LogP contribution >= 0.6 is 0 Å². The lowest BCUT2D eigenvalue weighted by molar-refractivity contribution is 0.0625. The zero-order valence-electron chi connectivity index (χ0n) is 14.5. The normalized spacial score (nSPS) is 34.8. The maximum Gasteiger partial charge on any atom is 0.169 e. The molecule has 1 saturated heterocycles. The van der Waals surface area contributed by atoms with E-state index >= 15 is 0 Å². The Balaban J connectivity index is 1.57. The van der Waals surface area contributed by atoms with Gasteiger partial charge >= 0.3 is 0 Å². The Labute approximate surface area is 147 Å². The fourth-order valence-electron chi connectivity index (χ4n) is 5.70. The molecule has 2 bridgehead atoms. The topological polar surface area (TPSA) is 41.9 Å². The summed E-state index contributed by atoms with van der Waals surface area (Å²) in [5, 5.41) is 10.4. The fourth-order valence-corrected chi connectivity index (χ4v) is 5.70. The summed E-state index contributed by atoms with van der Waals surface area (Å²) in [6, 6.07) is 4.36. The summed E-state index contributed by atoms with van der Waals surface area (Å²) >= 11 is 0. The number of ether oxygens (including phenoxy) is 2. The number of phenols is 1. The van der Waals surface area contributed by atoms with Gasteiger partial charge in [0.25, 0.3) is 0 Å². The molecular weight excluding hydrogens is 314 g/mol. The highest BCUT2D eigenvalue weighted by Gasteiger charge is 2.62. The van der Waals surface area contributed by atoms with Crippen LogP contribution in [0.15, 0.2) is 35.6 Å². The third-order valence-electron chi connectivity index (χ3n) is 6.99. The highest BCUT2D eigenvalue weighted by atomic mass is 16.5. The number of likely N-dealkylation sites (tertiary alicyclic amines) is 1. The molecule has 1 aromatic carbocycles. The number of piperidine rings is 1. The van der Waals surface area contributed by atoms with E-state index in [4.69, 9.17) is 9.47 Å². The van der Waals surface area contributed by atoms with Crippen molar-refractivity contribution in [3.63, 3.8) is 0 Å². The summed E-state index contributed by atoms with van der Waals surface area (Å²) in [6.07, 6.45) is 9.07. The van der Waals surface area contributed by atoms with Crippen LogP contribution in [0.5, 0.6) is 11.5 Å². The van der Waals surface area contributed by atoms with Crippen LogP contribution in [0, 0.1) is 5.92 Å². The molecular formula is C21H23NO3. The Morgan fingerprint density at radius 1 is 1.32 bits per heavy atom. The van der Waals surface area contributed by atoms with Crippen LogP contribution in [0.2, 0.25) is 0 Å². The average molecular weight is 337 g/mol. The second-order valence-electron chi connectivity index (χ2n) is 8.22. The van der Waals surface area contributed by atoms with Gasteiger partial charge < -0.3 is 14.6 Å². The molecule has 3 aliphatic carbocycles. The molecule has 1 unspecified atom stereocenters. The molecule has 2 fully saturated rings. The summed E-state index contributed by atoms with van der Waals surface area (Å²) in [5.41, 5.74) is 3.90. The predicted octanol–water partition coefficient (Wildman–Crippen LogP) is 2.90. The number of hydrogen-bond acceptors (Lipinski definition) is 4. The summed E-state index contributed by atoms with van der Waals surface area (Å²) in [5.74, 6) is 2.72. The lowest BCUT2D eigenvalue weighted by Crippen LogP contribution is -2.59. The van der Waals surface area contributed by atoms with Crippen molar-refractivity contribution in [3.05, 3.63) is 46.7 Å². The van der Waals surface area contributed by atoms with Gasteiger partial charge in [0, 0.05) is 24.7 Å². The minimum atomic E-state index is -0.146. The van der Waals surface area contributed by atoms with Crippen molar-refractivity contribution in [1.82, 2.24) is 4.90 Å². The first-order valence-electron chi connectivity index (χ1n) is 9.44. The molecule has 5 aliphatic rings. The number of allylic oxidation sites excluding steroid dienone is 2. The minimum Gasteiger partial charge on any atom is -0.504 e. The van der Waals surface area contributed by atoms with Gasteiger partial charge in [-0.2, -0.15) is 0 Å². The maximum atomic E-state index is 10.4. The lowest BCUT2D eigenvalue weighted by atomic mass is 9.57.